The Labute approximate surface area is 180 Å². The van der Waals surface area contributed by atoms with E-state index >= 15 is 0 Å². The summed E-state index contributed by atoms with van der Waals surface area (Å²) in [6.07, 6.45) is 8.38. The number of nitrogens with one attached hydrogen (secondary N) is 1. The zero-order chi connectivity index (χ0) is 20.6. The molecule has 30 heavy (non-hydrogen) atoms. The Kier molecular flexibility index (Phi) is 4.14. The minimum atomic E-state index is -0.127. The first-order chi connectivity index (χ1) is 14.5. The summed E-state index contributed by atoms with van der Waals surface area (Å²) < 4.78 is 0. The second kappa shape index (κ2) is 6.68. The Bertz CT molecular complexity index is 931. The Morgan fingerprint density at radius 1 is 0.933 bits per heavy atom. The smallest absolute Gasteiger partial charge is 0.233 e. The van der Waals surface area contributed by atoms with E-state index in [4.69, 9.17) is 11.6 Å². The van der Waals surface area contributed by atoms with E-state index in [-0.39, 0.29) is 53.4 Å². The van der Waals surface area contributed by atoms with Gasteiger partial charge in [0.05, 0.1) is 22.5 Å². The van der Waals surface area contributed by atoms with Gasteiger partial charge in [-0.1, -0.05) is 35.9 Å². The van der Waals surface area contributed by atoms with Gasteiger partial charge in [0, 0.05) is 12.0 Å². The monoisotopic (exact) mass is 424 g/mol. The number of hydrogen-bond donors (Lipinski definition) is 1. The lowest BCUT2D eigenvalue weighted by molar-refractivity contribution is -0.144. The van der Waals surface area contributed by atoms with E-state index in [1.165, 1.54) is 6.42 Å². The van der Waals surface area contributed by atoms with Gasteiger partial charge in [0.1, 0.15) is 0 Å². The summed E-state index contributed by atoms with van der Waals surface area (Å²) in [6, 6.07) is 7.16. The fourth-order valence-corrected chi connectivity index (χ4v) is 6.92. The number of para-hydroxylation sites is 1. The lowest BCUT2D eigenvalue weighted by Gasteiger charge is -2.37. The number of rotatable bonds is 3. The molecule has 1 N–H and O–H groups in total. The van der Waals surface area contributed by atoms with Crippen molar-refractivity contribution in [3.05, 3.63) is 41.4 Å². The van der Waals surface area contributed by atoms with Crippen LogP contribution in [0.3, 0.4) is 0 Å². The van der Waals surface area contributed by atoms with E-state index in [0.29, 0.717) is 48.2 Å². The maximum atomic E-state index is 13.3. The number of nitrogens with zero attached hydrogens (tertiary/aromatic N) is 1. The number of carbonyl (C=O) groups is 3. The van der Waals surface area contributed by atoms with Gasteiger partial charge in [-0.25, -0.2) is 0 Å². The van der Waals surface area contributed by atoms with Crippen molar-refractivity contribution in [1.82, 2.24) is 4.90 Å². The molecule has 3 amide bonds. The van der Waals surface area contributed by atoms with E-state index in [9.17, 15) is 14.4 Å². The van der Waals surface area contributed by atoms with Crippen molar-refractivity contribution in [2.24, 2.45) is 41.4 Å². The SMILES string of the molecule is O=C(Nc1ccccc1Cl)C1CCC(N2C(=O)[C@H]3[C@@H]4C=C[C@H]([C@H]5C[C@H]45)[C@@H]3C2=O)CC1. The van der Waals surface area contributed by atoms with Crippen LogP contribution in [0.15, 0.2) is 36.4 Å². The van der Waals surface area contributed by atoms with Crippen molar-refractivity contribution < 1.29 is 14.4 Å². The maximum Gasteiger partial charge on any atom is 0.233 e. The molecule has 0 radical (unpaired) electrons. The zero-order valence-corrected chi connectivity index (χ0v) is 17.4. The third-order valence-corrected chi connectivity index (χ3v) is 8.59. The number of carbonyl (C=O) groups excluding carboxylic acids is 3. The van der Waals surface area contributed by atoms with Gasteiger partial charge in [0.25, 0.3) is 0 Å². The summed E-state index contributed by atoms with van der Waals surface area (Å²) in [5.41, 5.74) is 0.627. The predicted octanol–water partition coefficient (Wildman–Crippen LogP) is 3.89. The number of benzene rings is 1. The molecule has 1 saturated heterocycles. The highest BCUT2D eigenvalue weighted by Crippen LogP contribution is 2.65. The minimum absolute atomic E-state index is 0.0309. The molecule has 1 aromatic carbocycles. The highest BCUT2D eigenvalue weighted by atomic mass is 35.5. The summed E-state index contributed by atoms with van der Waals surface area (Å²) in [5.74, 6) is 1.50. The van der Waals surface area contributed by atoms with Gasteiger partial charge >= 0.3 is 0 Å². The number of likely N-dealkylation sites (tertiary alicyclic amines) is 1. The third kappa shape index (κ3) is 2.64. The van der Waals surface area contributed by atoms with E-state index in [2.05, 4.69) is 17.5 Å². The lowest BCUT2D eigenvalue weighted by atomic mass is 9.63. The van der Waals surface area contributed by atoms with Crippen LogP contribution in [0, 0.1) is 41.4 Å². The molecular weight excluding hydrogens is 400 g/mol. The van der Waals surface area contributed by atoms with Crippen molar-refractivity contribution in [1.29, 1.82) is 0 Å². The molecule has 7 rings (SSSR count). The quantitative estimate of drug-likeness (QED) is 0.591. The first kappa shape index (κ1) is 18.6. The molecular formula is C24H25ClN2O3. The summed E-state index contributed by atoms with van der Waals surface area (Å²) in [7, 11) is 0. The van der Waals surface area contributed by atoms with Crippen molar-refractivity contribution >= 4 is 35.0 Å². The maximum absolute atomic E-state index is 13.3. The normalized spacial score (nSPS) is 40.9. The molecule has 1 aromatic rings. The first-order valence-corrected chi connectivity index (χ1v) is 11.5. The molecule has 6 atom stereocenters. The largest absolute Gasteiger partial charge is 0.325 e. The minimum Gasteiger partial charge on any atom is -0.325 e. The molecule has 0 unspecified atom stereocenters. The molecule has 0 spiro atoms. The topological polar surface area (TPSA) is 66.5 Å². The van der Waals surface area contributed by atoms with Gasteiger partial charge in [-0.3, -0.25) is 19.3 Å². The Hall–Kier alpha value is -2.14. The standard InChI is InChI=1S/C24H25ClN2O3/c25-18-3-1-2-4-19(18)26-22(28)12-5-7-13(8-6-12)27-23(29)20-14-9-10-15(17-11-16(14)17)21(20)24(27)30/h1-4,9-10,12-17,20-21H,5-8,11H2,(H,26,28)/t12?,13?,14-,15-,16-,17-,20+,21+/m1/s1. The number of allylic oxidation sites excluding steroid dienone is 2. The summed E-state index contributed by atoms with van der Waals surface area (Å²) >= 11 is 6.15. The van der Waals surface area contributed by atoms with Crippen molar-refractivity contribution in [2.75, 3.05) is 5.32 Å². The van der Waals surface area contributed by atoms with Crippen LogP contribution in [-0.2, 0) is 14.4 Å². The van der Waals surface area contributed by atoms with Crippen molar-refractivity contribution in [2.45, 2.75) is 38.1 Å². The molecule has 6 aliphatic rings. The average molecular weight is 425 g/mol. The lowest BCUT2D eigenvalue weighted by Crippen LogP contribution is -2.44. The van der Waals surface area contributed by atoms with Gasteiger partial charge in [-0.15, -0.1) is 0 Å². The predicted molar refractivity (Wildman–Crippen MR) is 112 cm³/mol. The highest BCUT2D eigenvalue weighted by Gasteiger charge is 2.67. The van der Waals surface area contributed by atoms with E-state index in [1.807, 2.05) is 12.1 Å². The van der Waals surface area contributed by atoms with Crippen LogP contribution >= 0.6 is 11.6 Å². The Morgan fingerprint density at radius 3 is 2.13 bits per heavy atom. The molecule has 5 aliphatic carbocycles. The number of amides is 3. The van der Waals surface area contributed by atoms with Crippen LogP contribution in [0.25, 0.3) is 0 Å². The number of imide groups is 1. The summed E-state index contributed by atoms with van der Waals surface area (Å²) in [4.78, 5) is 40.8. The zero-order valence-electron chi connectivity index (χ0n) is 16.7. The van der Waals surface area contributed by atoms with Gasteiger partial charge < -0.3 is 5.32 Å². The molecule has 1 heterocycles. The Balaban J connectivity index is 1.12. The number of anilines is 1. The summed E-state index contributed by atoms with van der Waals surface area (Å²) in [5, 5.41) is 3.45. The third-order valence-electron chi connectivity index (χ3n) is 8.26. The van der Waals surface area contributed by atoms with Gasteiger partial charge in [0.15, 0.2) is 0 Å². The fourth-order valence-electron chi connectivity index (χ4n) is 6.73. The Morgan fingerprint density at radius 2 is 1.53 bits per heavy atom. The van der Waals surface area contributed by atoms with Gasteiger partial charge in [0.2, 0.25) is 17.7 Å². The second-order valence-corrected chi connectivity index (χ2v) is 10.1. The van der Waals surface area contributed by atoms with Gasteiger partial charge in [-0.2, -0.15) is 0 Å². The highest BCUT2D eigenvalue weighted by molar-refractivity contribution is 6.33. The summed E-state index contributed by atoms with van der Waals surface area (Å²) in [6.45, 7) is 0. The molecule has 3 saturated carbocycles. The number of halogens is 1. The molecule has 2 bridgehead atoms. The fraction of sp³-hybridized carbons (Fsp3) is 0.542. The van der Waals surface area contributed by atoms with Gasteiger partial charge in [-0.05, 0) is 67.9 Å². The second-order valence-electron chi connectivity index (χ2n) is 9.68. The van der Waals surface area contributed by atoms with Crippen LogP contribution in [0.2, 0.25) is 5.02 Å². The van der Waals surface area contributed by atoms with Crippen LogP contribution < -0.4 is 5.32 Å². The van der Waals surface area contributed by atoms with Crippen molar-refractivity contribution in [3.8, 4) is 0 Å². The first-order valence-electron chi connectivity index (χ1n) is 11.1. The average Bonchev–Trinajstić information content (AvgIpc) is 3.53. The van der Waals surface area contributed by atoms with E-state index in [0.717, 1.165) is 0 Å². The molecule has 6 heteroatoms. The van der Waals surface area contributed by atoms with Crippen molar-refractivity contribution in [3.63, 3.8) is 0 Å². The van der Waals surface area contributed by atoms with Crippen LogP contribution in [0.5, 0.6) is 0 Å². The molecule has 156 valence electrons. The van der Waals surface area contributed by atoms with Crippen LogP contribution in [0.4, 0.5) is 5.69 Å². The van der Waals surface area contributed by atoms with Crippen LogP contribution in [0.1, 0.15) is 32.1 Å². The molecule has 0 aromatic heterocycles. The molecule has 1 aliphatic heterocycles. The number of hydrogen-bond acceptors (Lipinski definition) is 3. The molecule has 4 fully saturated rings. The van der Waals surface area contributed by atoms with Crippen LogP contribution in [-0.4, -0.2) is 28.7 Å². The van der Waals surface area contributed by atoms with E-state index in [1.54, 1.807) is 17.0 Å². The molecule has 5 nitrogen and oxygen atoms in total. The van der Waals surface area contributed by atoms with E-state index < -0.39 is 0 Å².